The maximum atomic E-state index is 12.7. The van der Waals surface area contributed by atoms with Gasteiger partial charge in [-0.3, -0.25) is 9.59 Å². The molecule has 160 valence electrons. The van der Waals surface area contributed by atoms with Crippen LogP contribution < -0.4 is 21.3 Å². The molecule has 0 aliphatic carbocycles. The maximum Gasteiger partial charge on any atom is 0.416 e. The maximum absolute atomic E-state index is 12.7. The Bertz CT molecular complexity index is 923. The van der Waals surface area contributed by atoms with Gasteiger partial charge < -0.3 is 26.2 Å². The molecular formula is C20H22F3N5O2. The van der Waals surface area contributed by atoms with Crippen molar-refractivity contribution in [1.29, 1.82) is 0 Å². The summed E-state index contributed by atoms with van der Waals surface area (Å²) in [5.74, 6) is -1.42. The van der Waals surface area contributed by atoms with Crippen LogP contribution in [0, 0.1) is 0 Å². The number of hydrogen-bond acceptors (Lipinski definition) is 5. The summed E-state index contributed by atoms with van der Waals surface area (Å²) < 4.78 is 38.1. The monoisotopic (exact) mass is 421 g/mol. The molecule has 0 spiro atoms. The molecule has 2 aromatic rings. The van der Waals surface area contributed by atoms with E-state index < -0.39 is 23.6 Å². The zero-order chi connectivity index (χ0) is 21.9. The van der Waals surface area contributed by atoms with Gasteiger partial charge in [0.1, 0.15) is 0 Å². The van der Waals surface area contributed by atoms with Crippen LogP contribution in [0.25, 0.3) is 0 Å². The highest BCUT2D eigenvalue weighted by atomic mass is 19.4. The SMILES string of the molecule is CNc1cc(NC(=O)C(=O)N2CCN(c3ccc(C(F)(F)F)cc3)CC2)ccc1N. The summed E-state index contributed by atoms with van der Waals surface area (Å²) in [5.41, 5.74) is 7.30. The van der Waals surface area contributed by atoms with Crippen molar-refractivity contribution in [2.24, 2.45) is 0 Å². The first-order valence-corrected chi connectivity index (χ1v) is 9.29. The molecule has 1 fully saturated rings. The average molecular weight is 421 g/mol. The summed E-state index contributed by atoms with van der Waals surface area (Å²) in [7, 11) is 1.69. The Morgan fingerprint density at radius 3 is 2.20 bits per heavy atom. The van der Waals surface area contributed by atoms with Gasteiger partial charge in [0, 0.05) is 44.6 Å². The van der Waals surface area contributed by atoms with E-state index in [0.717, 1.165) is 12.1 Å². The topological polar surface area (TPSA) is 90.7 Å². The van der Waals surface area contributed by atoms with E-state index in [1.54, 1.807) is 25.2 Å². The van der Waals surface area contributed by atoms with Gasteiger partial charge in [-0.1, -0.05) is 0 Å². The number of amides is 2. The minimum absolute atomic E-state index is 0.288. The van der Waals surface area contributed by atoms with Crippen LogP contribution in [0.2, 0.25) is 0 Å². The number of anilines is 4. The smallest absolute Gasteiger partial charge is 0.397 e. The van der Waals surface area contributed by atoms with Crippen LogP contribution in [-0.2, 0) is 15.8 Å². The quantitative estimate of drug-likeness (QED) is 0.524. The number of nitrogens with two attached hydrogens (primary N) is 1. The highest BCUT2D eigenvalue weighted by Gasteiger charge is 2.31. The van der Waals surface area contributed by atoms with Crippen LogP contribution in [0.4, 0.5) is 35.9 Å². The van der Waals surface area contributed by atoms with E-state index in [-0.39, 0.29) is 13.1 Å². The number of carbonyl (C=O) groups is 2. The van der Waals surface area contributed by atoms with Crippen LogP contribution in [0.1, 0.15) is 5.56 Å². The van der Waals surface area contributed by atoms with Gasteiger partial charge in [0.25, 0.3) is 0 Å². The van der Waals surface area contributed by atoms with Crippen molar-refractivity contribution in [2.75, 3.05) is 54.5 Å². The second-order valence-electron chi connectivity index (χ2n) is 6.83. The van der Waals surface area contributed by atoms with Gasteiger partial charge in [-0.15, -0.1) is 0 Å². The number of nitrogens with one attached hydrogen (secondary N) is 2. The zero-order valence-corrected chi connectivity index (χ0v) is 16.3. The number of nitrogens with zero attached hydrogens (tertiary/aromatic N) is 2. The number of rotatable bonds is 3. The fraction of sp³-hybridized carbons (Fsp3) is 0.300. The third-order valence-electron chi connectivity index (χ3n) is 4.90. The molecule has 0 bridgehead atoms. The number of halogens is 3. The van der Waals surface area contributed by atoms with Crippen LogP contribution in [0.5, 0.6) is 0 Å². The van der Waals surface area contributed by atoms with E-state index in [1.807, 2.05) is 4.90 Å². The number of carbonyl (C=O) groups excluding carboxylic acids is 2. The molecule has 2 aromatic carbocycles. The third kappa shape index (κ3) is 4.76. The molecule has 1 aliphatic rings. The van der Waals surface area contributed by atoms with Crippen LogP contribution in [0.3, 0.4) is 0 Å². The second-order valence-corrected chi connectivity index (χ2v) is 6.83. The number of benzene rings is 2. The summed E-state index contributed by atoms with van der Waals surface area (Å²) in [5, 5.41) is 5.45. The van der Waals surface area contributed by atoms with Crippen molar-refractivity contribution in [1.82, 2.24) is 4.90 Å². The second kappa shape index (κ2) is 8.52. The van der Waals surface area contributed by atoms with Gasteiger partial charge in [-0.25, -0.2) is 0 Å². The number of piperazine rings is 1. The Morgan fingerprint density at radius 1 is 1.00 bits per heavy atom. The van der Waals surface area contributed by atoms with E-state index in [1.165, 1.54) is 17.0 Å². The molecule has 1 heterocycles. The molecule has 2 amide bonds. The highest BCUT2D eigenvalue weighted by Crippen LogP contribution is 2.30. The predicted octanol–water partition coefficient (Wildman–Crippen LogP) is 2.62. The van der Waals surface area contributed by atoms with Crippen molar-refractivity contribution in [3.05, 3.63) is 48.0 Å². The first kappa shape index (κ1) is 21.3. The van der Waals surface area contributed by atoms with E-state index in [4.69, 9.17) is 5.73 Å². The molecule has 0 aromatic heterocycles. The minimum atomic E-state index is -4.38. The summed E-state index contributed by atoms with van der Waals surface area (Å²) >= 11 is 0. The highest BCUT2D eigenvalue weighted by molar-refractivity contribution is 6.39. The lowest BCUT2D eigenvalue weighted by Gasteiger charge is -2.35. The summed E-state index contributed by atoms with van der Waals surface area (Å²) in [6.45, 7) is 1.40. The molecule has 30 heavy (non-hydrogen) atoms. The number of alkyl halides is 3. The Labute approximate surface area is 171 Å². The lowest BCUT2D eigenvalue weighted by Crippen LogP contribution is -2.51. The molecule has 7 nitrogen and oxygen atoms in total. The molecule has 0 saturated carbocycles. The first-order valence-electron chi connectivity index (χ1n) is 9.29. The standard InChI is InChI=1S/C20H22F3N5O2/c1-25-17-12-14(4-7-16(17)24)26-18(29)19(30)28-10-8-27(9-11-28)15-5-2-13(3-6-15)20(21,22)23/h2-7,12,25H,8-11,24H2,1H3,(H,26,29). The molecule has 10 heteroatoms. The fourth-order valence-corrected chi connectivity index (χ4v) is 3.21. The van der Waals surface area contributed by atoms with Crippen LogP contribution in [0.15, 0.2) is 42.5 Å². The minimum Gasteiger partial charge on any atom is -0.397 e. The number of nitrogen functional groups attached to an aromatic ring is 1. The Hall–Kier alpha value is -3.43. The van der Waals surface area contributed by atoms with E-state index in [2.05, 4.69) is 10.6 Å². The van der Waals surface area contributed by atoms with Crippen LogP contribution >= 0.6 is 0 Å². The number of hydrogen-bond donors (Lipinski definition) is 3. The molecule has 4 N–H and O–H groups in total. The van der Waals surface area contributed by atoms with Crippen molar-refractivity contribution >= 4 is 34.6 Å². The lowest BCUT2D eigenvalue weighted by molar-refractivity contribution is -0.143. The molecule has 0 atom stereocenters. The third-order valence-corrected chi connectivity index (χ3v) is 4.90. The van der Waals surface area contributed by atoms with Crippen molar-refractivity contribution in [3.63, 3.8) is 0 Å². The van der Waals surface area contributed by atoms with Gasteiger partial charge in [-0.05, 0) is 42.5 Å². The Balaban J connectivity index is 1.56. The van der Waals surface area contributed by atoms with Gasteiger partial charge in [0.15, 0.2) is 0 Å². The van der Waals surface area contributed by atoms with E-state index >= 15 is 0 Å². The van der Waals surface area contributed by atoms with Crippen LogP contribution in [-0.4, -0.2) is 49.9 Å². The summed E-state index contributed by atoms with van der Waals surface area (Å²) in [4.78, 5) is 28.1. The van der Waals surface area contributed by atoms with Gasteiger partial charge >= 0.3 is 18.0 Å². The molecular weight excluding hydrogens is 399 g/mol. The molecule has 0 radical (unpaired) electrons. The summed E-state index contributed by atoms with van der Waals surface area (Å²) in [6, 6.07) is 9.74. The van der Waals surface area contributed by atoms with E-state index in [0.29, 0.717) is 35.8 Å². The van der Waals surface area contributed by atoms with Gasteiger partial charge in [0.05, 0.1) is 16.9 Å². The van der Waals surface area contributed by atoms with Crippen molar-refractivity contribution in [2.45, 2.75) is 6.18 Å². The molecule has 1 saturated heterocycles. The van der Waals surface area contributed by atoms with Crippen molar-refractivity contribution in [3.8, 4) is 0 Å². The summed E-state index contributed by atoms with van der Waals surface area (Å²) in [6.07, 6.45) is -4.38. The Morgan fingerprint density at radius 2 is 1.63 bits per heavy atom. The largest absolute Gasteiger partial charge is 0.416 e. The van der Waals surface area contributed by atoms with Gasteiger partial charge in [-0.2, -0.15) is 13.2 Å². The first-order chi connectivity index (χ1) is 14.2. The lowest BCUT2D eigenvalue weighted by atomic mass is 10.1. The molecule has 3 rings (SSSR count). The van der Waals surface area contributed by atoms with Crippen molar-refractivity contribution < 1.29 is 22.8 Å². The Kier molecular flexibility index (Phi) is 6.04. The molecule has 1 aliphatic heterocycles. The normalized spacial score (nSPS) is 14.4. The van der Waals surface area contributed by atoms with Gasteiger partial charge in [0.2, 0.25) is 0 Å². The average Bonchev–Trinajstić information content (AvgIpc) is 2.74. The molecule has 0 unspecified atom stereocenters. The fourth-order valence-electron chi connectivity index (χ4n) is 3.21. The predicted molar refractivity (Wildman–Crippen MR) is 109 cm³/mol. The van der Waals surface area contributed by atoms with E-state index in [9.17, 15) is 22.8 Å². The zero-order valence-electron chi connectivity index (χ0n) is 16.3.